The maximum Gasteiger partial charge on any atom is 0.308 e. The molecule has 3 nitrogen and oxygen atoms in total. The number of carbonyl (C=O) groups excluding carboxylic acids is 1. The van der Waals surface area contributed by atoms with Crippen LogP contribution in [0.5, 0.6) is 0 Å². The van der Waals surface area contributed by atoms with Gasteiger partial charge < -0.3 is 9.22 Å². The number of esters is 1. The molecule has 0 aromatic heterocycles. The Morgan fingerprint density at radius 1 is 1.29 bits per heavy atom. The van der Waals surface area contributed by atoms with Gasteiger partial charge in [0, 0.05) is 6.42 Å². The number of nitrogens with zero attached hydrogens (tertiary/aromatic N) is 1. The van der Waals surface area contributed by atoms with Gasteiger partial charge in [-0.25, -0.2) is 0 Å². The van der Waals surface area contributed by atoms with Gasteiger partial charge in [0.2, 0.25) is 0 Å². The molecule has 3 heteroatoms. The summed E-state index contributed by atoms with van der Waals surface area (Å²) in [6, 6.07) is 0.604. The van der Waals surface area contributed by atoms with E-state index in [1.54, 1.807) is 0 Å². The van der Waals surface area contributed by atoms with E-state index in [1.165, 1.54) is 13.5 Å². The Labute approximate surface area is 86.6 Å². The Kier molecular flexibility index (Phi) is 3.53. The molecule has 1 rings (SSSR count). The molecule has 0 unspecified atom stereocenters. The van der Waals surface area contributed by atoms with E-state index in [0.717, 1.165) is 23.7 Å². The molecule has 1 saturated carbocycles. The quantitative estimate of drug-likeness (QED) is 0.498. The number of ether oxygens (including phenoxy) is 1. The minimum atomic E-state index is -0.0249. The number of quaternary nitrogens is 1. The number of carbonyl (C=O) groups is 1. The van der Waals surface area contributed by atoms with Gasteiger partial charge in [0.05, 0.1) is 40.2 Å². The van der Waals surface area contributed by atoms with Gasteiger partial charge in [0.15, 0.2) is 0 Å². The van der Waals surface area contributed by atoms with Crippen molar-refractivity contribution in [3.63, 3.8) is 0 Å². The molecule has 0 amide bonds. The van der Waals surface area contributed by atoms with Gasteiger partial charge >= 0.3 is 5.97 Å². The summed E-state index contributed by atoms with van der Waals surface area (Å²) in [7, 11) is 8.08. The highest BCUT2D eigenvalue weighted by Gasteiger charge is 2.34. The van der Waals surface area contributed by atoms with E-state index < -0.39 is 0 Å². The molecule has 0 aromatic rings. The van der Waals surface area contributed by atoms with Crippen molar-refractivity contribution in [2.45, 2.75) is 31.7 Å². The molecule has 0 heterocycles. The number of hydrogen-bond acceptors (Lipinski definition) is 2. The minimum Gasteiger partial charge on any atom is -0.469 e. The monoisotopic (exact) mass is 200 g/mol. The van der Waals surface area contributed by atoms with Crippen molar-refractivity contribution in [3.8, 4) is 0 Å². The van der Waals surface area contributed by atoms with Crippen molar-refractivity contribution in [1.82, 2.24) is 0 Å². The highest BCUT2D eigenvalue weighted by Crippen LogP contribution is 2.29. The molecule has 1 fully saturated rings. The Balaban J connectivity index is 2.56. The van der Waals surface area contributed by atoms with E-state index in [4.69, 9.17) is 4.74 Å². The van der Waals surface area contributed by atoms with E-state index in [-0.39, 0.29) is 11.9 Å². The van der Waals surface area contributed by atoms with Crippen LogP contribution in [0.1, 0.15) is 25.7 Å². The summed E-state index contributed by atoms with van der Waals surface area (Å²) in [4.78, 5) is 11.4. The van der Waals surface area contributed by atoms with E-state index in [9.17, 15) is 4.79 Å². The van der Waals surface area contributed by atoms with E-state index in [0.29, 0.717) is 6.04 Å². The van der Waals surface area contributed by atoms with Gasteiger partial charge in [0.1, 0.15) is 0 Å². The lowest BCUT2D eigenvalue weighted by atomic mass is 9.84. The second kappa shape index (κ2) is 4.30. The Bertz CT molecular complexity index is 208. The average Bonchev–Trinajstić information content (AvgIpc) is 2.15. The van der Waals surface area contributed by atoms with Crippen molar-refractivity contribution < 1.29 is 14.0 Å². The summed E-state index contributed by atoms with van der Waals surface area (Å²) in [5, 5.41) is 0. The zero-order chi connectivity index (χ0) is 10.8. The molecule has 0 aromatic carbocycles. The third kappa shape index (κ3) is 2.71. The van der Waals surface area contributed by atoms with Gasteiger partial charge in [-0.15, -0.1) is 0 Å². The maximum absolute atomic E-state index is 11.4. The molecule has 0 radical (unpaired) electrons. The topological polar surface area (TPSA) is 26.3 Å². The molecule has 0 bridgehead atoms. The third-order valence-electron chi connectivity index (χ3n) is 3.28. The van der Waals surface area contributed by atoms with Crippen LogP contribution in [0.2, 0.25) is 0 Å². The SMILES string of the molecule is COC(=O)[C@@H]1CCC[C@H]([N+](C)(C)C)C1. The molecule has 1 aliphatic rings. The van der Waals surface area contributed by atoms with Gasteiger partial charge in [0.25, 0.3) is 0 Å². The van der Waals surface area contributed by atoms with Crippen LogP contribution in [0.4, 0.5) is 0 Å². The summed E-state index contributed by atoms with van der Waals surface area (Å²) >= 11 is 0. The maximum atomic E-state index is 11.4. The lowest BCUT2D eigenvalue weighted by Crippen LogP contribution is -2.48. The van der Waals surface area contributed by atoms with E-state index in [1.807, 2.05) is 0 Å². The molecule has 2 atom stereocenters. The second-order valence-electron chi connectivity index (χ2n) is 5.16. The predicted molar refractivity (Wildman–Crippen MR) is 55.8 cm³/mol. The van der Waals surface area contributed by atoms with Crippen LogP contribution in [0.3, 0.4) is 0 Å². The first-order chi connectivity index (χ1) is 6.45. The molecule has 14 heavy (non-hydrogen) atoms. The number of methoxy groups -OCH3 is 1. The highest BCUT2D eigenvalue weighted by molar-refractivity contribution is 5.72. The van der Waals surface area contributed by atoms with Crippen molar-refractivity contribution in [1.29, 1.82) is 0 Å². The van der Waals surface area contributed by atoms with E-state index in [2.05, 4.69) is 21.1 Å². The lowest BCUT2D eigenvalue weighted by Gasteiger charge is -2.38. The van der Waals surface area contributed by atoms with Gasteiger partial charge in [-0.2, -0.15) is 0 Å². The fraction of sp³-hybridized carbons (Fsp3) is 0.909. The van der Waals surface area contributed by atoms with Gasteiger partial charge in [-0.05, 0) is 19.3 Å². The van der Waals surface area contributed by atoms with Crippen molar-refractivity contribution in [2.75, 3.05) is 28.3 Å². The van der Waals surface area contributed by atoms with Gasteiger partial charge in [-0.3, -0.25) is 4.79 Å². The van der Waals surface area contributed by atoms with Crippen molar-refractivity contribution >= 4 is 5.97 Å². The molecule has 0 N–H and O–H groups in total. The first-order valence-corrected chi connectivity index (χ1v) is 5.34. The molecule has 82 valence electrons. The summed E-state index contributed by atoms with van der Waals surface area (Å²) in [5.74, 6) is 0.110. The summed E-state index contributed by atoms with van der Waals surface area (Å²) < 4.78 is 5.76. The first kappa shape index (κ1) is 11.5. The first-order valence-electron chi connectivity index (χ1n) is 5.34. The van der Waals surface area contributed by atoms with Crippen LogP contribution >= 0.6 is 0 Å². The standard InChI is InChI=1S/C11H22NO2/c1-12(2,3)10-7-5-6-9(8-10)11(13)14-4/h9-10H,5-8H2,1-4H3/q+1/t9-,10+/m1/s1. The van der Waals surface area contributed by atoms with Crippen LogP contribution < -0.4 is 0 Å². The zero-order valence-corrected chi connectivity index (χ0v) is 9.75. The average molecular weight is 200 g/mol. The predicted octanol–water partition coefficient (Wildman–Crippen LogP) is 1.42. The molecule has 1 aliphatic carbocycles. The third-order valence-corrected chi connectivity index (χ3v) is 3.28. The van der Waals surface area contributed by atoms with Gasteiger partial charge in [-0.1, -0.05) is 0 Å². The zero-order valence-electron chi connectivity index (χ0n) is 9.75. The normalized spacial score (nSPS) is 28.6. The fourth-order valence-corrected chi connectivity index (χ4v) is 2.25. The molecule has 0 saturated heterocycles. The Morgan fingerprint density at radius 2 is 1.93 bits per heavy atom. The highest BCUT2D eigenvalue weighted by atomic mass is 16.5. The molecule has 0 aliphatic heterocycles. The fourth-order valence-electron chi connectivity index (χ4n) is 2.25. The van der Waals surface area contributed by atoms with Crippen LogP contribution in [0.15, 0.2) is 0 Å². The summed E-state index contributed by atoms with van der Waals surface area (Å²) in [5.41, 5.74) is 0. The van der Waals surface area contributed by atoms with Crippen molar-refractivity contribution in [2.24, 2.45) is 5.92 Å². The van der Waals surface area contributed by atoms with Crippen molar-refractivity contribution in [3.05, 3.63) is 0 Å². The minimum absolute atomic E-state index is 0.0249. The number of rotatable bonds is 2. The summed E-state index contributed by atoms with van der Waals surface area (Å²) in [6.07, 6.45) is 4.37. The van der Waals surface area contributed by atoms with Crippen LogP contribution in [0.25, 0.3) is 0 Å². The molecular weight excluding hydrogens is 178 g/mol. The molecular formula is C11H22NO2+. The Hall–Kier alpha value is -0.570. The second-order valence-corrected chi connectivity index (χ2v) is 5.16. The van der Waals surface area contributed by atoms with E-state index >= 15 is 0 Å². The van der Waals surface area contributed by atoms with Crippen LogP contribution in [0, 0.1) is 5.92 Å². The van der Waals surface area contributed by atoms with Crippen LogP contribution in [-0.4, -0.2) is 44.7 Å². The molecule has 0 spiro atoms. The number of hydrogen-bond donors (Lipinski definition) is 0. The van der Waals surface area contributed by atoms with Crippen LogP contribution in [-0.2, 0) is 9.53 Å². The smallest absolute Gasteiger partial charge is 0.308 e. The largest absolute Gasteiger partial charge is 0.469 e. The Morgan fingerprint density at radius 3 is 2.43 bits per heavy atom. The lowest BCUT2D eigenvalue weighted by molar-refractivity contribution is -0.897. The summed E-state index contributed by atoms with van der Waals surface area (Å²) in [6.45, 7) is 0.